The van der Waals surface area contributed by atoms with Gasteiger partial charge in [-0.05, 0) is 18.3 Å². The van der Waals surface area contributed by atoms with E-state index in [-0.39, 0.29) is 12.0 Å². The molecule has 0 aromatic heterocycles. The van der Waals surface area contributed by atoms with Crippen LogP contribution < -0.4 is 5.32 Å². The molecule has 0 radical (unpaired) electrons. The molecule has 0 aromatic carbocycles. The van der Waals surface area contributed by atoms with Crippen molar-refractivity contribution in [3.63, 3.8) is 0 Å². The summed E-state index contributed by atoms with van der Waals surface area (Å²) >= 11 is 0. The molecule has 0 aliphatic carbocycles. The Balaban J connectivity index is 2.17. The van der Waals surface area contributed by atoms with Crippen LogP contribution in [0.15, 0.2) is 0 Å². The number of alkyl halides is 2. The molecule has 78 valence electrons. The molecule has 4 heteroatoms. The second-order valence-electron chi connectivity index (χ2n) is 3.95. The summed E-state index contributed by atoms with van der Waals surface area (Å²) in [5.41, 5.74) is 0.146. The summed E-state index contributed by atoms with van der Waals surface area (Å²) in [6, 6.07) is 0. The molecule has 0 bridgehead atoms. The lowest BCUT2D eigenvalue weighted by molar-refractivity contribution is 0.0221. The maximum atomic E-state index is 11.8. The van der Waals surface area contributed by atoms with Crippen molar-refractivity contribution in [3.8, 4) is 0 Å². The maximum Gasteiger partial charge on any atom is 0.250 e. The Kier molecular flexibility index (Phi) is 4.06. The fourth-order valence-electron chi connectivity index (χ4n) is 1.52. The minimum atomic E-state index is -2.25. The van der Waals surface area contributed by atoms with Gasteiger partial charge in [-0.3, -0.25) is 0 Å². The van der Waals surface area contributed by atoms with Gasteiger partial charge in [0.2, 0.25) is 0 Å². The van der Waals surface area contributed by atoms with Gasteiger partial charge in [0, 0.05) is 19.8 Å². The lowest BCUT2D eigenvalue weighted by atomic mass is 9.82. The van der Waals surface area contributed by atoms with Crippen molar-refractivity contribution in [1.29, 1.82) is 0 Å². The van der Waals surface area contributed by atoms with E-state index in [0.717, 1.165) is 26.1 Å². The van der Waals surface area contributed by atoms with Crippen LogP contribution >= 0.6 is 0 Å². The van der Waals surface area contributed by atoms with Crippen molar-refractivity contribution in [2.75, 3.05) is 26.3 Å². The summed E-state index contributed by atoms with van der Waals surface area (Å²) in [7, 11) is 0. The summed E-state index contributed by atoms with van der Waals surface area (Å²) in [5.74, 6) is 0. The van der Waals surface area contributed by atoms with Gasteiger partial charge in [0.05, 0.1) is 6.54 Å². The Hall–Kier alpha value is -0.220. The fourth-order valence-corrected chi connectivity index (χ4v) is 1.52. The molecular formula is C9H17F2NO. The first-order valence-corrected chi connectivity index (χ1v) is 4.69. The van der Waals surface area contributed by atoms with Crippen LogP contribution in [0.1, 0.15) is 19.8 Å². The summed E-state index contributed by atoms with van der Waals surface area (Å²) < 4.78 is 28.9. The molecule has 1 saturated heterocycles. The van der Waals surface area contributed by atoms with Crippen molar-refractivity contribution in [2.45, 2.75) is 26.2 Å². The number of nitrogens with one attached hydrogen (secondary N) is 1. The highest BCUT2D eigenvalue weighted by molar-refractivity contribution is 4.79. The highest BCUT2D eigenvalue weighted by atomic mass is 19.3. The molecule has 0 saturated carbocycles. The van der Waals surface area contributed by atoms with Crippen LogP contribution in [0.5, 0.6) is 0 Å². The van der Waals surface area contributed by atoms with Crippen molar-refractivity contribution < 1.29 is 13.5 Å². The number of hydrogen-bond donors (Lipinski definition) is 1. The van der Waals surface area contributed by atoms with Crippen LogP contribution in [-0.4, -0.2) is 32.7 Å². The van der Waals surface area contributed by atoms with E-state index in [1.807, 2.05) is 0 Å². The normalized spacial score (nSPS) is 22.2. The van der Waals surface area contributed by atoms with E-state index in [1.54, 1.807) is 0 Å². The molecule has 13 heavy (non-hydrogen) atoms. The van der Waals surface area contributed by atoms with E-state index in [4.69, 9.17) is 4.74 Å². The average Bonchev–Trinajstić information content (AvgIpc) is 2.04. The van der Waals surface area contributed by atoms with Gasteiger partial charge in [-0.2, -0.15) is 0 Å². The van der Waals surface area contributed by atoms with Crippen LogP contribution in [0.4, 0.5) is 8.78 Å². The van der Waals surface area contributed by atoms with E-state index in [2.05, 4.69) is 12.2 Å². The first-order valence-electron chi connectivity index (χ1n) is 4.69. The molecule has 0 aromatic rings. The van der Waals surface area contributed by atoms with Gasteiger partial charge in [0.1, 0.15) is 0 Å². The van der Waals surface area contributed by atoms with Crippen LogP contribution in [0, 0.1) is 5.41 Å². The molecule has 1 aliphatic rings. The van der Waals surface area contributed by atoms with E-state index in [0.29, 0.717) is 6.54 Å². The minimum absolute atomic E-state index is 0.146. The molecule has 1 aliphatic heterocycles. The molecule has 1 fully saturated rings. The van der Waals surface area contributed by atoms with Gasteiger partial charge in [-0.25, -0.2) is 8.78 Å². The SMILES string of the molecule is CC1(CNCC(F)F)CCOCC1. The molecule has 1 heterocycles. The average molecular weight is 193 g/mol. The van der Waals surface area contributed by atoms with Crippen LogP contribution in [0.3, 0.4) is 0 Å². The van der Waals surface area contributed by atoms with E-state index in [1.165, 1.54) is 0 Å². The zero-order valence-electron chi connectivity index (χ0n) is 7.98. The lowest BCUT2D eigenvalue weighted by Crippen LogP contribution is -2.38. The first kappa shape index (κ1) is 10.9. The topological polar surface area (TPSA) is 21.3 Å². The number of rotatable bonds is 4. The van der Waals surface area contributed by atoms with Gasteiger partial charge in [0.25, 0.3) is 6.43 Å². The third kappa shape index (κ3) is 4.00. The zero-order chi connectivity index (χ0) is 9.73. The minimum Gasteiger partial charge on any atom is -0.381 e. The van der Waals surface area contributed by atoms with Crippen molar-refractivity contribution in [3.05, 3.63) is 0 Å². The van der Waals surface area contributed by atoms with Gasteiger partial charge >= 0.3 is 0 Å². The summed E-state index contributed by atoms with van der Waals surface area (Å²) in [4.78, 5) is 0. The van der Waals surface area contributed by atoms with Crippen molar-refractivity contribution >= 4 is 0 Å². The molecule has 1 rings (SSSR count). The van der Waals surface area contributed by atoms with E-state index in [9.17, 15) is 8.78 Å². The lowest BCUT2D eigenvalue weighted by Gasteiger charge is -2.33. The highest BCUT2D eigenvalue weighted by Gasteiger charge is 2.26. The molecule has 0 amide bonds. The molecular weight excluding hydrogens is 176 g/mol. The summed E-state index contributed by atoms with van der Waals surface area (Å²) in [5, 5.41) is 2.79. The number of halogens is 2. The van der Waals surface area contributed by atoms with Crippen LogP contribution in [0.2, 0.25) is 0 Å². The van der Waals surface area contributed by atoms with Gasteiger partial charge in [-0.1, -0.05) is 6.92 Å². The third-order valence-electron chi connectivity index (χ3n) is 2.55. The molecule has 0 atom stereocenters. The highest BCUT2D eigenvalue weighted by Crippen LogP contribution is 2.28. The van der Waals surface area contributed by atoms with E-state index < -0.39 is 6.43 Å². The Bertz CT molecular complexity index is 147. The van der Waals surface area contributed by atoms with Gasteiger partial charge in [0.15, 0.2) is 0 Å². The smallest absolute Gasteiger partial charge is 0.250 e. The number of hydrogen-bond acceptors (Lipinski definition) is 2. The van der Waals surface area contributed by atoms with Crippen molar-refractivity contribution in [2.24, 2.45) is 5.41 Å². The van der Waals surface area contributed by atoms with Gasteiger partial charge < -0.3 is 10.1 Å². The molecule has 2 nitrogen and oxygen atoms in total. The predicted octanol–water partition coefficient (Wildman–Crippen LogP) is 1.66. The fraction of sp³-hybridized carbons (Fsp3) is 1.00. The zero-order valence-corrected chi connectivity index (χ0v) is 7.98. The molecule has 1 N–H and O–H groups in total. The van der Waals surface area contributed by atoms with E-state index >= 15 is 0 Å². The van der Waals surface area contributed by atoms with Gasteiger partial charge in [-0.15, -0.1) is 0 Å². The maximum absolute atomic E-state index is 11.8. The van der Waals surface area contributed by atoms with Crippen molar-refractivity contribution in [1.82, 2.24) is 5.32 Å². The monoisotopic (exact) mass is 193 g/mol. The summed E-state index contributed by atoms with van der Waals surface area (Å²) in [6.07, 6.45) is -0.324. The molecule has 0 spiro atoms. The second-order valence-corrected chi connectivity index (χ2v) is 3.95. The Morgan fingerprint density at radius 1 is 1.38 bits per heavy atom. The standard InChI is InChI=1S/C9H17F2NO/c1-9(2-4-13-5-3-9)7-12-6-8(10)11/h8,12H,2-7H2,1H3. The second kappa shape index (κ2) is 4.86. The Morgan fingerprint density at radius 3 is 2.54 bits per heavy atom. The summed E-state index contributed by atoms with van der Waals surface area (Å²) in [6.45, 7) is 4.10. The Labute approximate surface area is 77.6 Å². The first-order chi connectivity index (χ1) is 6.12. The quantitative estimate of drug-likeness (QED) is 0.733. The largest absolute Gasteiger partial charge is 0.381 e. The predicted molar refractivity (Wildman–Crippen MR) is 47.0 cm³/mol. The Morgan fingerprint density at radius 2 is 2.00 bits per heavy atom. The van der Waals surface area contributed by atoms with Crippen LogP contribution in [-0.2, 0) is 4.74 Å². The number of ether oxygens (including phenoxy) is 1. The molecule has 0 unspecified atom stereocenters. The van der Waals surface area contributed by atoms with Crippen LogP contribution in [0.25, 0.3) is 0 Å². The third-order valence-corrected chi connectivity index (χ3v) is 2.55.